The van der Waals surface area contributed by atoms with Gasteiger partial charge in [0.05, 0.1) is 5.69 Å². The fraction of sp³-hybridized carbons (Fsp3) is 0.600. The number of hydrogen-bond donors (Lipinski definition) is 2. The average Bonchev–Trinajstić information content (AvgIpc) is 2.43. The Morgan fingerprint density at radius 3 is 2.43 bits per heavy atom. The molecule has 0 amide bonds. The molecule has 118 valence electrons. The average molecular weight is 311 g/mol. The lowest BCUT2D eigenvalue weighted by Gasteiger charge is -2.26. The summed E-state index contributed by atoms with van der Waals surface area (Å²) in [7, 11) is -3.53. The van der Waals surface area contributed by atoms with Gasteiger partial charge < -0.3 is 10.6 Å². The Labute approximate surface area is 127 Å². The summed E-state index contributed by atoms with van der Waals surface area (Å²) in [6.45, 7) is 7.12. The molecule has 6 heteroatoms. The SMILES string of the molecule is Cc1cc(N)c(S(=O)(=O)NCCN2CCCCC2)cc1C. The normalized spacial score (nSPS) is 17.0. The molecule has 0 aromatic heterocycles. The molecule has 2 rings (SSSR count). The number of rotatable bonds is 5. The zero-order valence-electron chi connectivity index (χ0n) is 12.9. The van der Waals surface area contributed by atoms with Gasteiger partial charge in [0.1, 0.15) is 4.90 Å². The first-order chi connectivity index (χ1) is 9.90. The molecule has 1 aliphatic heterocycles. The lowest BCUT2D eigenvalue weighted by Crippen LogP contribution is -2.37. The van der Waals surface area contributed by atoms with Crippen LogP contribution in [0.2, 0.25) is 0 Å². The van der Waals surface area contributed by atoms with E-state index >= 15 is 0 Å². The van der Waals surface area contributed by atoms with Gasteiger partial charge in [0.25, 0.3) is 0 Å². The third kappa shape index (κ3) is 4.18. The monoisotopic (exact) mass is 311 g/mol. The second-order valence-corrected chi connectivity index (χ2v) is 7.51. The minimum absolute atomic E-state index is 0.184. The van der Waals surface area contributed by atoms with Gasteiger partial charge in [0.15, 0.2) is 0 Å². The smallest absolute Gasteiger partial charge is 0.242 e. The van der Waals surface area contributed by atoms with E-state index < -0.39 is 10.0 Å². The van der Waals surface area contributed by atoms with Crippen molar-refractivity contribution >= 4 is 15.7 Å². The van der Waals surface area contributed by atoms with Crippen LogP contribution in [0, 0.1) is 13.8 Å². The molecule has 0 unspecified atom stereocenters. The molecule has 0 radical (unpaired) electrons. The van der Waals surface area contributed by atoms with Crippen molar-refractivity contribution in [3.8, 4) is 0 Å². The molecule has 0 aliphatic carbocycles. The number of sulfonamides is 1. The van der Waals surface area contributed by atoms with Crippen molar-refractivity contribution in [2.45, 2.75) is 38.0 Å². The van der Waals surface area contributed by atoms with Gasteiger partial charge >= 0.3 is 0 Å². The number of likely N-dealkylation sites (tertiary alicyclic amines) is 1. The Hall–Kier alpha value is -1.11. The highest BCUT2D eigenvalue weighted by Crippen LogP contribution is 2.22. The van der Waals surface area contributed by atoms with Crippen molar-refractivity contribution in [3.63, 3.8) is 0 Å². The van der Waals surface area contributed by atoms with Crippen LogP contribution in [0.25, 0.3) is 0 Å². The van der Waals surface area contributed by atoms with E-state index in [1.54, 1.807) is 12.1 Å². The van der Waals surface area contributed by atoms with Gasteiger partial charge in [-0.05, 0) is 63.0 Å². The summed E-state index contributed by atoms with van der Waals surface area (Å²) in [5, 5.41) is 0. The fourth-order valence-electron chi connectivity index (χ4n) is 2.64. The number of nitrogens with two attached hydrogens (primary N) is 1. The number of benzene rings is 1. The highest BCUT2D eigenvalue weighted by molar-refractivity contribution is 7.89. The first kappa shape index (κ1) is 16.3. The predicted octanol–water partition coefficient (Wildman–Crippen LogP) is 1.65. The first-order valence-electron chi connectivity index (χ1n) is 7.49. The van der Waals surface area contributed by atoms with Crippen LogP contribution in [0.4, 0.5) is 5.69 Å². The van der Waals surface area contributed by atoms with E-state index in [-0.39, 0.29) is 4.90 Å². The quantitative estimate of drug-likeness (QED) is 0.811. The van der Waals surface area contributed by atoms with Crippen LogP contribution in [0.1, 0.15) is 30.4 Å². The van der Waals surface area contributed by atoms with Gasteiger partial charge in [0, 0.05) is 13.1 Å². The second kappa shape index (κ2) is 6.77. The number of nitrogens with one attached hydrogen (secondary N) is 1. The summed E-state index contributed by atoms with van der Waals surface area (Å²) in [6, 6.07) is 3.36. The van der Waals surface area contributed by atoms with Crippen LogP contribution in [-0.4, -0.2) is 39.5 Å². The zero-order chi connectivity index (χ0) is 15.5. The van der Waals surface area contributed by atoms with E-state index in [0.717, 1.165) is 30.8 Å². The number of piperidine rings is 1. The van der Waals surface area contributed by atoms with E-state index in [9.17, 15) is 8.42 Å². The highest BCUT2D eigenvalue weighted by atomic mass is 32.2. The lowest BCUT2D eigenvalue weighted by atomic mass is 10.1. The molecule has 1 aromatic carbocycles. The molecule has 0 saturated carbocycles. The molecule has 5 nitrogen and oxygen atoms in total. The van der Waals surface area contributed by atoms with Crippen LogP contribution in [0.3, 0.4) is 0 Å². The third-order valence-corrected chi connectivity index (χ3v) is 5.60. The number of hydrogen-bond acceptors (Lipinski definition) is 4. The van der Waals surface area contributed by atoms with E-state index in [2.05, 4.69) is 9.62 Å². The van der Waals surface area contributed by atoms with Crippen molar-refractivity contribution in [1.82, 2.24) is 9.62 Å². The Kier molecular flexibility index (Phi) is 5.24. The minimum Gasteiger partial charge on any atom is -0.398 e. The molecule has 0 atom stereocenters. The van der Waals surface area contributed by atoms with Crippen LogP contribution >= 0.6 is 0 Å². The highest BCUT2D eigenvalue weighted by Gasteiger charge is 2.19. The molecular formula is C15H25N3O2S. The molecular weight excluding hydrogens is 286 g/mol. The van der Waals surface area contributed by atoms with Crippen LogP contribution in [0.15, 0.2) is 17.0 Å². The predicted molar refractivity (Wildman–Crippen MR) is 85.8 cm³/mol. The van der Waals surface area contributed by atoms with Crippen molar-refractivity contribution in [1.29, 1.82) is 0 Å². The number of anilines is 1. The van der Waals surface area contributed by atoms with Gasteiger partial charge in [-0.1, -0.05) is 6.42 Å². The Morgan fingerprint density at radius 1 is 1.14 bits per heavy atom. The Balaban J connectivity index is 1.99. The Bertz CT molecular complexity index is 593. The van der Waals surface area contributed by atoms with Crippen LogP contribution in [0.5, 0.6) is 0 Å². The molecule has 1 aliphatic rings. The third-order valence-electron chi connectivity index (χ3n) is 4.08. The van der Waals surface area contributed by atoms with E-state index in [0.29, 0.717) is 12.2 Å². The molecule has 1 aromatic rings. The summed E-state index contributed by atoms with van der Waals surface area (Å²) in [5.74, 6) is 0. The lowest BCUT2D eigenvalue weighted by molar-refractivity contribution is 0.233. The zero-order valence-corrected chi connectivity index (χ0v) is 13.7. The molecule has 0 bridgehead atoms. The first-order valence-corrected chi connectivity index (χ1v) is 8.97. The van der Waals surface area contributed by atoms with E-state index in [1.165, 1.54) is 19.3 Å². The van der Waals surface area contributed by atoms with Crippen molar-refractivity contribution in [2.24, 2.45) is 0 Å². The second-order valence-electron chi connectivity index (χ2n) is 5.77. The summed E-state index contributed by atoms with van der Waals surface area (Å²) in [5.41, 5.74) is 8.10. The van der Waals surface area contributed by atoms with Gasteiger partial charge in [-0.2, -0.15) is 0 Å². The Morgan fingerprint density at radius 2 is 1.76 bits per heavy atom. The number of nitrogens with zero attached hydrogens (tertiary/aromatic N) is 1. The van der Waals surface area contributed by atoms with Crippen molar-refractivity contribution in [2.75, 3.05) is 31.9 Å². The van der Waals surface area contributed by atoms with Crippen LogP contribution < -0.4 is 10.5 Å². The van der Waals surface area contributed by atoms with E-state index in [4.69, 9.17) is 5.73 Å². The molecule has 21 heavy (non-hydrogen) atoms. The maximum atomic E-state index is 12.3. The largest absolute Gasteiger partial charge is 0.398 e. The molecule has 3 N–H and O–H groups in total. The molecule has 0 spiro atoms. The molecule has 1 saturated heterocycles. The molecule has 1 heterocycles. The maximum Gasteiger partial charge on any atom is 0.242 e. The van der Waals surface area contributed by atoms with Gasteiger partial charge in [-0.3, -0.25) is 0 Å². The fourth-order valence-corrected chi connectivity index (χ4v) is 3.86. The summed E-state index contributed by atoms with van der Waals surface area (Å²) in [4.78, 5) is 2.49. The topological polar surface area (TPSA) is 75.4 Å². The van der Waals surface area contributed by atoms with Crippen molar-refractivity contribution in [3.05, 3.63) is 23.3 Å². The summed E-state index contributed by atoms with van der Waals surface area (Å²) < 4.78 is 27.4. The van der Waals surface area contributed by atoms with Gasteiger partial charge in [0.2, 0.25) is 10.0 Å². The summed E-state index contributed by atoms with van der Waals surface area (Å²) in [6.07, 6.45) is 3.69. The van der Waals surface area contributed by atoms with Crippen molar-refractivity contribution < 1.29 is 8.42 Å². The minimum atomic E-state index is -3.53. The standard InChI is InChI=1S/C15H25N3O2S/c1-12-10-14(16)15(11-13(12)2)21(19,20)17-6-9-18-7-4-3-5-8-18/h10-11,17H,3-9,16H2,1-2H3. The van der Waals surface area contributed by atoms with Gasteiger partial charge in [-0.25, -0.2) is 13.1 Å². The summed E-state index contributed by atoms with van der Waals surface area (Å²) >= 11 is 0. The van der Waals surface area contributed by atoms with E-state index in [1.807, 2.05) is 13.8 Å². The number of nitrogen functional groups attached to an aromatic ring is 1. The number of aryl methyl sites for hydroxylation is 2. The van der Waals surface area contributed by atoms with Crippen LogP contribution in [-0.2, 0) is 10.0 Å². The maximum absolute atomic E-state index is 12.3. The molecule has 1 fully saturated rings. The van der Waals surface area contributed by atoms with Gasteiger partial charge in [-0.15, -0.1) is 0 Å².